The van der Waals surface area contributed by atoms with E-state index in [2.05, 4.69) is 51.1 Å². The van der Waals surface area contributed by atoms with E-state index in [0.29, 0.717) is 12.2 Å². The molecule has 144 valence electrons. The van der Waals surface area contributed by atoms with Crippen LogP contribution in [-0.2, 0) is 6.42 Å². The molecule has 0 spiro atoms. The second-order valence-corrected chi connectivity index (χ2v) is 8.24. The zero-order chi connectivity index (χ0) is 20.0. The third kappa shape index (κ3) is 3.23. The summed E-state index contributed by atoms with van der Waals surface area (Å²) >= 11 is 3.45. The van der Waals surface area contributed by atoms with Crippen molar-refractivity contribution >= 4 is 27.4 Å². The van der Waals surface area contributed by atoms with Crippen LogP contribution < -0.4 is 0 Å². The van der Waals surface area contributed by atoms with Gasteiger partial charge in [-0.3, -0.25) is 9.78 Å². The molecule has 0 bridgehead atoms. The summed E-state index contributed by atoms with van der Waals surface area (Å²) in [4.78, 5) is 19.3. The van der Waals surface area contributed by atoms with Crippen molar-refractivity contribution in [3.05, 3.63) is 88.4 Å². The van der Waals surface area contributed by atoms with Gasteiger partial charge in [0, 0.05) is 29.6 Å². The number of pyridine rings is 2. The van der Waals surface area contributed by atoms with Crippen molar-refractivity contribution in [2.45, 2.75) is 19.4 Å². The largest absolute Gasteiger partial charge is 0.330 e. The van der Waals surface area contributed by atoms with Crippen molar-refractivity contribution in [1.29, 1.82) is 0 Å². The first-order valence-corrected chi connectivity index (χ1v) is 10.4. The van der Waals surface area contributed by atoms with E-state index in [1.807, 2.05) is 41.4 Å². The number of aromatic nitrogens is 3. The number of carbonyl (C=O) groups is 1. The van der Waals surface area contributed by atoms with Crippen LogP contribution in [0.2, 0.25) is 0 Å². The molecule has 1 aromatic carbocycles. The number of hydrogen-bond donors (Lipinski definition) is 0. The molecule has 5 nitrogen and oxygen atoms in total. The summed E-state index contributed by atoms with van der Waals surface area (Å²) in [6.45, 7) is 2.79. The summed E-state index contributed by atoms with van der Waals surface area (Å²) < 4.78 is 2.66. The van der Waals surface area contributed by atoms with E-state index < -0.39 is 0 Å². The maximum atomic E-state index is 13.3. The molecule has 0 N–H and O–H groups in total. The molecule has 1 amide bonds. The quantitative estimate of drug-likeness (QED) is 0.439. The maximum absolute atomic E-state index is 13.3. The van der Waals surface area contributed by atoms with Crippen LogP contribution in [-0.4, -0.2) is 31.9 Å². The first-order chi connectivity index (χ1) is 14.1. The molecule has 0 saturated heterocycles. The van der Waals surface area contributed by atoms with Gasteiger partial charge in [0.05, 0.1) is 11.6 Å². The molecular weight excluding hydrogens is 428 g/mol. The Morgan fingerprint density at radius 1 is 1.07 bits per heavy atom. The molecule has 4 heterocycles. The monoisotopic (exact) mass is 446 g/mol. The highest BCUT2D eigenvalue weighted by atomic mass is 79.9. The molecular formula is C23H19BrN4O. The lowest BCUT2D eigenvalue weighted by atomic mass is 9.90. The van der Waals surface area contributed by atoms with Crippen LogP contribution in [0.25, 0.3) is 16.6 Å². The van der Waals surface area contributed by atoms with Gasteiger partial charge in [-0.1, -0.05) is 12.1 Å². The summed E-state index contributed by atoms with van der Waals surface area (Å²) in [7, 11) is 0. The molecule has 0 radical (unpaired) electrons. The first kappa shape index (κ1) is 18.1. The molecule has 4 aromatic rings. The van der Waals surface area contributed by atoms with E-state index in [4.69, 9.17) is 0 Å². The summed E-state index contributed by atoms with van der Waals surface area (Å²) in [5.41, 5.74) is 6.16. The minimum Gasteiger partial charge on any atom is -0.330 e. The summed E-state index contributed by atoms with van der Waals surface area (Å²) in [5.74, 6) is -0.0303. The number of benzene rings is 1. The van der Waals surface area contributed by atoms with Crippen LogP contribution in [0.4, 0.5) is 0 Å². The van der Waals surface area contributed by atoms with Crippen molar-refractivity contribution in [1.82, 2.24) is 19.5 Å². The number of hydrogen-bond acceptors (Lipinski definition) is 3. The summed E-state index contributed by atoms with van der Waals surface area (Å²) in [6, 6.07) is 16.3. The van der Waals surface area contributed by atoms with Gasteiger partial charge in [0.1, 0.15) is 0 Å². The number of fused-ring (bicyclic) bond motifs is 2. The van der Waals surface area contributed by atoms with Crippen LogP contribution in [0.1, 0.15) is 34.6 Å². The van der Waals surface area contributed by atoms with Crippen LogP contribution in [0.3, 0.4) is 0 Å². The second kappa shape index (κ2) is 7.12. The predicted molar refractivity (Wildman–Crippen MR) is 116 cm³/mol. The fourth-order valence-electron chi connectivity index (χ4n) is 4.03. The van der Waals surface area contributed by atoms with Crippen LogP contribution in [0, 0.1) is 0 Å². The lowest BCUT2D eigenvalue weighted by molar-refractivity contribution is 0.0671. The molecule has 1 atom stereocenters. The molecule has 1 aliphatic rings. The normalized spacial score (nSPS) is 16.1. The van der Waals surface area contributed by atoms with Gasteiger partial charge in [0.15, 0.2) is 5.69 Å². The van der Waals surface area contributed by atoms with Crippen molar-refractivity contribution in [3.63, 3.8) is 0 Å². The number of halogens is 1. The van der Waals surface area contributed by atoms with Gasteiger partial charge in [-0.05, 0) is 87.9 Å². The van der Waals surface area contributed by atoms with Gasteiger partial charge < -0.3 is 4.90 Å². The first-order valence-electron chi connectivity index (χ1n) is 9.59. The highest BCUT2D eigenvalue weighted by Gasteiger charge is 2.30. The minimum absolute atomic E-state index is 0.00964. The van der Waals surface area contributed by atoms with Gasteiger partial charge in [-0.25, -0.2) is 4.52 Å². The van der Waals surface area contributed by atoms with Crippen molar-refractivity contribution in [2.24, 2.45) is 0 Å². The van der Waals surface area contributed by atoms with Crippen molar-refractivity contribution < 1.29 is 4.79 Å². The standard InChI is InChI=1S/C23H19BrN4O/c1-15-21-12-18(16-6-9-25-10-7-16)3-2-17(21)8-11-27(15)23(29)22-13-20-5-4-19(24)14-28(20)26-22/h2-7,9-10,12-15H,8,11H2,1H3. The molecule has 1 aliphatic heterocycles. The zero-order valence-corrected chi connectivity index (χ0v) is 17.5. The molecule has 5 rings (SSSR count). The smallest absolute Gasteiger partial charge is 0.274 e. The number of amides is 1. The molecule has 0 fully saturated rings. The number of nitrogens with zero attached hydrogens (tertiary/aromatic N) is 4. The van der Waals surface area contributed by atoms with Gasteiger partial charge >= 0.3 is 0 Å². The Bertz CT molecular complexity index is 1220. The number of carbonyl (C=O) groups excluding carboxylic acids is 1. The van der Waals surface area contributed by atoms with E-state index in [1.54, 1.807) is 16.9 Å². The van der Waals surface area contributed by atoms with Crippen molar-refractivity contribution in [2.75, 3.05) is 6.54 Å². The lowest BCUT2D eigenvalue weighted by Gasteiger charge is -2.35. The maximum Gasteiger partial charge on any atom is 0.274 e. The molecule has 1 unspecified atom stereocenters. The Hall–Kier alpha value is -2.99. The van der Waals surface area contributed by atoms with Crippen LogP contribution in [0.5, 0.6) is 0 Å². The minimum atomic E-state index is -0.0303. The fourth-order valence-corrected chi connectivity index (χ4v) is 4.35. The highest BCUT2D eigenvalue weighted by Crippen LogP contribution is 2.33. The van der Waals surface area contributed by atoms with Gasteiger partial charge in [-0.2, -0.15) is 5.10 Å². The van der Waals surface area contributed by atoms with Gasteiger partial charge in [0.25, 0.3) is 5.91 Å². The number of rotatable bonds is 2. The highest BCUT2D eigenvalue weighted by molar-refractivity contribution is 9.10. The fraction of sp³-hybridized carbons (Fsp3) is 0.174. The Morgan fingerprint density at radius 2 is 1.90 bits per heavy atom. The Labute approximate surface area is 177 Å². The molecule has 0 saturated carbocycles. The second-order valence-electron chi connectivity index (χ2n) is 7.32. The van der Waals surface area contributed by atoms with E-state index >= 15 is 0 Å². The van der Waals surface area contributed by atoms with Crippen molar-refractivity contribution in [3.8, 4) is 11.1 Å². The predicted octanol–water partition coefficient (Wildman–Crippen LogP) is 4.92. The van der Waals surface area contributed by atoms with E-state index in [9.17, 15) is 4.79 Å². The van der Waals surface area contributed by atoms with Crippen LogP contribution in [0.15, 0.2) is 71.6 Å². The van der Waals surface area contributed by atoms with E-state index in [1.165, 1.54) is 11.1 Å². The molecule has 6 heteroatoms. The molecule has 29 heavy (non-hydrogen) atoms. The average molecular weight is 447 g/mol. The third-order valence-electron chi connectivity index (χ3n) is 5.60. The summed E-state index contributed by atoms with van der Waals surface area (Å²) in [5, 5.41) is 4.49. The summed E-state index contributed by atoms with van der Waals surface area (Å²) in [6.07, 6.45) is 6.31. The van der Waals surface area contributed by atoms with E-state index in [0.717, 1.165) is 27.5 Å². The third-order valence-corrected chi connectivity index (χ3v) is 6.07. The zero-order valence-electron chi connectivity index (χ0n) is 15.9. The molecule has 0 aliphatic carbocycles. The Balaban J connectivity index is 1.48. The van der Waals surface area contributed by atoms with Gasteiger partial charge in [-0.15, -0.1) is 0 Å². The van der Waals surface area contributed by atoms with Crippen LogP contribution >= 0.6 is 15.9 Å². The average Bonchev–Trinajstić information content (AvgIpc) is 3.17. The Kier molecular flexibility index (Phi) is 4.43. The lowest BCUT2D eigenvalue weighted by Crippen LogP contribution is -2.39. The SMILES string of the molecule is CC1c2cc(-c3ccncc3)ccc2CCN1C(=O)c1cc2ccc(Br)cn2n1. The van der Waals surface area contributed by atoms with Gasteiger partial charge in [0.2, 0.25) is 0 Å². The topological polar surface area (TPSA) is 50.5 Å². The Morgan fingerprint density at radius 3 is 2.72 bits per heavy atom. The molecule has 3 aromatic heterocycles. The van der Waals surface area contributed by atoms with E-state index in [-0.39, 0.29) is 11.9 Å².